The highest BCUT2D eigenvalue weighted by molar-refractivity contribution is 7.15. The molecule has 0 aliphatic carbocycles. The van der Waals surface area contributed by atoms with Crippen LogP contribution in [-0.2, 0) is 17.7 Å². The van der Waals surface area contributed by atoms with Crippen molar-refractivity contribution in [3.63, 3.8) is 0 Å². The summed E-state index contributed by atoms with van der Waals surface area (Å²) in [6, 6.07) is 15.1. The van der Waals surface area contributed by atoms with Crippen LogP contribution in [0.15, 0.2) is 54.7 Å². The summed E-state index contributed by atoms with van der Waals surface area (Å²) in [6.45, 7) is 5.13. The number of nitrogens with zero attached hydrogens (tertiary/aromatic N) is 4. The number of aromatic nitrogens is 3. The van der Waals surface area contributed by atoms with Crippen LogP contribution in [0.2, 0.25) is 0 Å². The van der Waals surface area contributed by atoms with E-state index < -0.39 is 0 Å². The first-order valence-electron chi connectivity index (χ1n) is 11.7. The molecular weight excluding hydrogens is 463 g/mol. The number of nitrogens with one attached hydrogen (secondary N) is 1. The van der Waals surface area contributed by atoms with E-state index in [4.69, 9.17) is 20.4 Å². The van der Waals surface area contributed by atoms with Crippen molar-refractivity contribution >= 4 is 28.7 Å². The molecule has 0 radical (unpaired) electrons. The maximum atomic E-state index is 14.8. The first kappa shape index (κ1) is 23.3. The van der Waals surface area contributed by atoms with Crippen molar-refractivity contribution < 1.29 is 9.13 Å². The lowest BCUT2D eigenvalue weighted by molar-refractivity contribution is 0.122. The fourth-order valence-electron chi connectivity index (χ4n) is 4.05. The number of morpholine rings is 1. The van der Waals surface area contributed by atoms with Crippen LogP contribution < -0.4 is 16.0 Å². The molecule has 0 atom stereocenters. The number of ether oxygens (including phenoxy) is 1. The number of rotatable bonds is 7. The average Bonchev–Trinajstić information content (AvgIpc) is 3.34. The summed E-state index contributed by atoms with van der Waals surface area (Å²) >= 11 is 1.62. The lowest BCUT2D eigenvalue weighted by atomic mass is 10.1. The molecule has 1 fully saturated rings. The van der Waals surface area contributed by atoms with Crippen LogP contribution in [0, 0.1) is 5.82 Å². The second kappa shape index (κ2) is 10.5. The molecule has 1 saturated heterocycles. The predicted octanol–water partition coefficient (Wildman–Crippen LogP) is 5.01. The van der Waals surface area contributed by atoms with Crippen LogP contribution in [-0.4, -0.2) is 41.3 Å². The molecule has 3 heterocycles. The largest absolute Gasteiger partial charge is 0.378 e. The van der Waals surface area contributed by atoms with E-state index in [1.165, 1.54) is 6.07 Å². The fourth-order valence-corrected chi connectivity index (χ4v) is 5.05. The first-order valence-corrected chi connectivity index (χ1v) is 12.5. The molecule has 7 nitrogen and oxygen atoms in total. The summed E-state index contributed by atoms with van der Waals surface area (Å²) in [5, 5.41) is 4.18. The molecule has 3 N–H and O–H groups in total. The first-order chi connectivity index (χ1) is 17.1. The molecule has 1 aliphatic heterocycles. The zero-order valence-electron chi connectivity index (χ0n) is 19.5. The third-order valence-electron chi connectivity index (χ3n) is 5.85. The third-order valence-corrected chi connectivity index (χ3v) is 7.08. The van der Waals surface area contributed by atoms with Gasteiger partial charge >= 0.3 is 0 Å². The summed E-state index contributed by atoms with van der Waals surface area (Å²) in [7, 11) is 0. The SMILES string of the molecule is CCc1nc(-c2cccc(CN)c2)c(-c2ccnc(Nc3ccc(N4CCOCC4)c(F)c3)n2)s1. The molecule has 2 aromatic heterocycles. The Morgan fingerprint density at radius 2 is 1.97 bits per heavy atom. The van der Waals surface area contributed by atoms with Gasteiger partial charge in [0.2, 0.25) is 5.95 Å². The van der Waals surface area contributed by atoms with Crippen molar-refractivity contribution in [2.24, 2.45) is 5.73 Å². The summed E-state index contributed by atoms with van der Waals surface area (Å²) < 4.78 is 20.2. The lowest BCUT2D eigenvalue weighted by Gasteiger charge is -2.29. The smallest absolute Gasteiger partial charge is 0.227 e. The van der Waals surface area contributed by atoms with Crippen LogP contribution in [0.4, 0.5) is 21.7 Å². The second-order valence-electron chi connectivity index (χ2n) is 8.20. The van der Waals surface area contributed by atoms with Gasteiger partial charge in [-0.3, -0.25) is 0 Å². The molecule has 1 aliphatic rings. The molecule has 35 heavy (non-hydrogen) atoms. The molecule has 180 valence electrons. The number of hydrogen-bond acceptors (Lipinski definition) is 8. The molecule has 2 aromatic carbocycles. The van der Waals surface area contributed by atoms with E-state index in [1.807, 2.05) is 35.2 Å². The van der Waals surface area contributed by atoms with Crippen LogP contribution in [0.3, 0.4) is 0 Å². The van der Waals surface area contributed by atoms with E-state index in [1.54, 1.807) is 23.6 Å². The Kier molecular flexibility index (Phi) is 6.98. The summed E-state index contributed by atoms with van der Waals surface area (Å²) in [5.74, 6) is 0.110. The zero-order chi connectivity index (χ0) is 24.2. The van der Waals surface area contributed by atoms with E-state index in [-0.39, 0.29) is 5.82 Å². The number of thiazole rings is 1. The number of halogens is 1. The van der Waals surface area contributed by atoms with Crippen molar-refractivity contribution in [2.45, 2.75) is 19.9 Å². The average molecular weight is 491 g/mol. The maximum Gasteiger partial charge on any atom is 0.227 e. The molecule has 0 bridgehead atoms. The van der Waals surface area contributed by atoms with Gasteiger partial charge in [0.25, 0.3) is 0 Å². The zero-order valence-corrected chi connectivity index (χ0v) is 20.3. The van der Waals surface area contributed by atoms with Crippen molar-refractivity contribution in [3.05, 3.63) is 71.1 Å². The van der Waals surface area contributed by atoms with E-state index in [9.17, 15) is 4.39 Å². The van der Waals surface area contributed by atoms with E-state index >= 15 is 0 Å². The fraction of sp³-hybridized carbons (Fsp3) is 0.269. The number of aryl methyl sites for hydroxylation is 1. The lowest BCUT2D eigenvalue weighted by Crippen LogP contribution is -2.36. The van der Waals surface area contributed by atoms with Crippen LogP contribution in [0.1, 0.15) is 17.5 Å². The van der Waals surface area contributed by atoms with Crippen LogP contribution in [0.5, 0.6) is 0 Å². The molecule has 0 saturated carbocycles. The van der Waals surface area contributed by atoms with Crippen LogP contribution in [0.25, 0.3) is 21.8 Å². The standard InChI is InChI=1S/C26H27FN6OS/c1-2-23-32-24(18-5-3-4-17(14-18)16-28)25(35-23)21-8-9-29-26(31-21)30-19-6-7-22(20(27)15-19)33-10-12-34-13-11-33/h3-9,14-15H,2,10-13,16,28H2,1H3,(H,29,30,31). The molecule has 9 heteroatoms. The Morgan fingerprint density at radius 3 is 2.74 bits per heavy atom. The summed E-state index contributed by atoms with van der Waals surface area (Å²) in [4.78, 5) is 16.9. The Labute approximate surface area is 207 Å². The predicted molar refractivity (Wildman–Crippen MR) is 139 cm³/mol. The monoisotopic (exact) mass is 490 g/mol. The normalized spacial score (nSPS) is 13.7. The van der Waals surface area contributed by atoms with Crippen molar-refractivity contribution in [2.75, 3.05) is 36.5 Å². The van der Waals surface area contributed by atoms with Gasteiger partial charge in [0, 0.05) is 37.1 Å². The molecule has 5 rings (SSSR count). The number of hydrogen-bond donors (Lipinski definition) is 2. The quantitative estimate of drug-likeness (QED) is 0.377. The van der Waals surface area contributed by atoms with E-state index in [0.717, 1.165) is 38.8 Å². The highest BCUT2D eigenvalue weighted by atomic mass is 32.1. The van der Waals surface area contributed by atoms with Gasteiger partial charge in [-0.25, -0.2) is 19.3 Å². The highest BCUT2D eigenvalue weighted by Gasteiger charge is 2.18. The van der Waals surface area contributed by atoms with Crippen molar-refractivity contribution in [1.82, 2.24) is 15.0 Å². The third kappa shape index (κ3) is 5.17. The Balaban J connectivity index is 1.43. The van der Waals surface area contributed by atoms with Crippen LogP contribution >= 0.6 is 11.3 Å². The molecule has 4 aromatic rings. The van der Waals surface area contributed by atoms with Gasteiger partial charge in [-0.15, -0.1) is 11.3 Å². The maximum absolute atomic E-state index is 14.8. The molecule has 0 spiro atoms. The second-order valence-corrected chi connectivity index (χ2v) is 9.28. The molecule has 0 amide bonds. The topological polar surface area (TPSA) is 89.2 Å². The van der Waals surface area contributed by atoms with Gasteiger partial charge < -0.3 is 20.7 Å². The Bertz CT molecular complexity index is 1320. The van der Waals surface area contributed by atoms with Crippen molar-refractivity contribution in [3.8, 4) is 21.8 Å². The highest BCUT2D eigenvalue weighted by Crippen LogP contribution is 2.37. The number of anilines is 3. The van der Waals surface area contributed by atoms with Gasteiger partial charge in [0.05, 0.1) is 40.2 Å². The summed E-state index contributed by atoms with van der Waals surface area (Å²) in [5.41, 5.74) is 10.7. The minimum atomic E-state index is -0.287. The van der Waals surface area contributed by atoms with Crippen molar-refractivity contribution in [1.29, 1.82) is 0 Å². The Hall–Kier alpha value is -3.40. The van der Waals surface area contributed by atoms with Gasteiger partial charge in [0.15, 0.2) is 0 Å². The summed E-state index contributed by atoms with van der Waals surface area (Å²) in [6.07, 6.45) is 2.54. The Morgan fingerprint density at radius 1 is 1.11 bits per heavy atom. The van der Waals surface area contributed by atoms with E-state index in [0.29, 0.717) is 50.2 Å². The van der Waals surface area contributed by atoms with Gasteiger partial charge in [-0.05, 0) is 42.3 Å². The minimum absolute atomic E-state index is 0.287. The molecule has 0 unspecified atom stereocenters. The van der Waals surface area contributed by atoms with Gasteiger partial charge in [-0.2, -0.15) is 0 Å². The van der Waals surface area contributed by atoms with E-state index in [2.05, 4.69) is 23.3 Å². The number of benzene rings is 2. The van der Waals surface area contributed by atoms with Gasteiger partial charge in [0.1, 0.15) is 5.82 Å². The number of nitrogens with two attached hydrogens (primary N) is 1. The molecular formula is C26H27FN6OS. The minimum Gasteiger partial charge on any atom is -0.378 e. The van der Waals surface area contributed by atoms with Gasteiger partial charge in [-0.1, -0.05) is 25.1 Å².